The topological polar surface area (TPSA) is 85.4 Å². The number of nitrogens with zero attached hydrogens (tertiary/aromatic N) is 1. The fourth-order valence-corrected chi connectivity index (χ4v) is 2.17. The summed E-state index contributed by atoms with van der Waals surface area (Å²) in [7, 11) is 0. The van der Waals surface area contributed by atoms with Gasteiger partial charge in [0.05, 0.1) is 11.2 Å². The Hall–Kier alpha value is -2.63. The number of carbonyl (C=O) groups is 1. The molecule has 2 aromatic rings. The summed E-state index contributed by atoms with van der Waals surface area (Å²) in [4.78, 5) is 22.8. The van der Waals surface area contributed by atoms with Crippen LogP contribution in [0.3, 0.4) is 0 Å². The lowest BCUT2D eigenvalue weighted by Gasteiger charge is -2.13. The van der Waals surface area contributed by atoms with Crippen molar-refractivity contribution in [3.63, 3.8) is 0 Å². The van der Waals surface area contributed by atoms with Crippen LogP contribution in [0.5, 0.6) is 0 Å². The van der Waals surface area contributed by atoms with Gasteiger partial charge in [0.15, 0.2) is 0 Å². The van der Waals surface area contributed by atoms with Crippen LogP contribution in [0, 0.1) is 17.0 Å². The molecule has 0 radical (unpaired) electrons. The van der Waals surface area contributed by atoms with Crippen LogP contribution >= 0.6 is 0 Å². The maximum atomic E-state index is 12.2. The fourth-order valence-electron chi connectivity index (χ4n) is 2.17. The molecule has 0 unspecified atom stereocenters. The third-order valence-electron chi connectivity index (χ3n) is 3.13. The first-order valence-corrected chi connectivity index (χ1v) is 6.56. The Morgan fingerprint density at radius 1 is 1.38 bits per heavy atom. The summed E-state index contributed by atoms with van der Waals surface area (Å²) < 4.78 is 5.21. The van der Waals surface area contributed by atoms with E-state index in [0.29, 0.717) is 12.0 Å². The van der Waals surface area contributed by atoms with Crippen molar-refractivity contribution < 1.29 is 14.1 Å². The van der Waals surface area contributed by atoms with Gasteiger partial charge in [-0.05, 0) is 32.0 Å². The minimum absolute atomic E-state index is 0.0753. The molecule has 2 rings (SSSR count). The molecular weight excluding hydrogens is 272 g/mol. The Bertz CT molecular complexity index is 650. The van der Waals surface area contributed by atoms with Crippen molar-refractivity contribution in [1.82, 2.24) is 5.32 Å². The van der Waals surface area contributed by atoms with Gasteiger partial charge in [0, 0.05) is 18.0 Å². The number of para-hydroxylation sites is 1. The van der Waals surface area contributed by atoms with Crippen molar-refractivity contribution in [3.8, 4) is 0 Å². The molecular formula is C15H16N2O4. The fraction of sp³-hybridized carbons (Fsp3) is 0.267. The second-order valence-corrected chi connectivity index (χ2v) is 4.89. The smallest absolute Gasteiger partial charge is 0.285 e. The van der Waals surface area contributed by atoms with Gasteiger partial charge >= 0.3 is 0 Å². The van der Waals surface area contributed by atoms with Crippen molar-refractivity contribution in [1.29, 1.82) is 0 Å². The van der Waals surface area contributed by atoms with Crippen molar-refractivity contribution in [3.05, 3.63) is 63.6 Å². The molecule has 1 N–H and O–H groups in total. The zero-order chi connectivity index (χ0) is 15.4. The number of nitro groups is 1. The van der Waals surface area contributed by atoms with Gasteiger partial charge < -0.3 is 9.73 Å². The van der Waals surface area contributed by atoms with E-state index < -0.39 is 10.8 Å². The van der Waals surface area contributed by atoms with Crippen LogP contribution in [0.4, 0.5) is 5.69 Å². The minimum Gasteiger partial charge on any atom is -0.469 e. The number of hydrogen-bond acceptors (Lipinski definition) is 4. The molecule has 1 aromatic heterocycles. The van der Waals surface area contributed by atoms with Crippen LogP contribution in [0.2, 0.25) is 0 Å². The average molecular weight is 288 g/mol. The molecule has 0 saturated heterocycles. The summed E-state index contributed by atoms with van der Waals surface area (Å²) in [5, 5.41) is 13.9. The lowest BCUT2D eigenvalue weighted by atomic mass is 10.1. The normalized spacial score (nSPS) is 11.9. The molecule has 110 valence electrons. The number of hydrogen-bond donors (Lipinski definition) is 1. The summed E-state index contributed by atoms with van der Waals surface area (Å²) in [6.45, 7) is 3.43. The van der Waals surface area contributed by atoms with E-state index in [0.717, 1.165) is 5.76 Å². The molecule has 0 aliphatic heterocycles. The van der Waals surface area contributed by atoms with Crippen molar-refractivity contribution in [2.24, 2.45) is 0 Å². The second-order valence-electron chi connectivity index (χ2n) is 4.89. The summed E-state index contributed by atoms with van der Waals surface area (Å²) >= 11 is 0. The predicted octanol–water partition coefficient (Wildman–Crippen LogP) is 2.86. The SMILES string of the molecule is Cc1cccc(C(=O)N[C@@H](C)Cc2ccco2)c1[N+](=O)[O-]. The van der Waals surface area contributed by atoms with Crippen LogP contribution in [-0.4, -0.2) is 16.9 Å². The molecule has 0 aliphatic carbocycles. The van der Waals surface area contributed by atoms with Gasteiger partial charge in [-0.3, -0.25) is 14.9 Å². The first-order chi connectivity index (χ1) is 9.99. The van der Waals surface area contributed by atoms with Crippen molar-refractivity contribution in [2.45, 2.75) is 26.3 Å². The van der Waals surface area contributed by atoms with Crippen LogP contribution in [0.15, 0.2) is 41.0 Å². The maximum Gasteiger partial charge on any atom is 0.285 e. The van der Waals surface area contributed by atoms with Gasteiger partial charge in [0.1, 0.15) is 11.3 Å². The molecule has 0 aliphatic rings. The van der Waals surface area contributed by atoms with Gasteiger partial charge in [0.25, 0.3) is 11.6 Å². The highest BCUT2D eigenvalue weighted by atomic mass is 16.6. The molecule has 1 atom stereocenters. The lowest BCUT2D eigenvalue weighted by Crippen LogP contribution is -2.34. The van der Waals surface area contributed by atoms with E-state index in [4.69, 9.17) is 4.42 Å². The number of carbonyl (C=O) groups excluding carboxylic acids is 1. The van der Waals surface area contributed by atoms with E-state index in [1.165, 1.54) is 6.07 Å². The van der Waals surface area contributed by atoms with Crippen molar-refractivity contribution >= 4 is 11.6 Å². The van der Waals surface area contributed by atoms with Gasteiger partial charge in [-0.25, -0.2) is 0 Å². The lowest BCUT2D eigenvalue weighted by molar-refractivity contribution is -0.385. The molecule has 0 bridgehead atoms. The molecule has 6 nitrogen and oxygen atoms in total. The number of amides is 1. The van der Waals surface area contributed by atoms with Crippen LogP contribution in [0.25, 0.3) is 0 Å². The number of furan rings is 1. The monoisotopic (exact) mass is 288 g/mol. The van der Waals surface area contributed by atoms with Crippen molar-refractivity contribution in [2.75, 3.05) is 0 Å². The second kappa shape index (κ2) is 6.21. The molecule has 6 heteroatoms. The first-order valence-electron chi connectivity index (χ1n) is 6.56. The summed E-state index contributed by atoms with van der Waals surface area (Å²) in [5.41, 5.74) is 0.387. The molecule has 0 saturated carbocycles. The van der Waals surface area contributed by atoms with Crippen LogP contribution < -0.4 is 5.32 Å². The largest absolute Gasteiger partial charge is 0.469 e. The zero-order valence-corrected chi connectivity index (χ0v) is 11.8. The van der Waals surface area contributed by atoms with E-state index >= 15 is 0 Å². The van der Waals surface area contributed by atoms with E-state index in [9.17, 15) is 14.9 Å². The Morgan fingerprint density at radius 2 is 2.14 bits per heavy atom. The number of nitro benzene ring substituents is 1. The Labute approximate surface area is 121 Å². The molecule has 0 fully saturated rings. The average Bonchev–Trinajstić information content (AvgIpc) is 2.90. The number of rotatable bonds is 5. The first kappa shape index (κ1) is 14.8. The molecule has 1 aromatic carbocycles. The Morgan fingerprint density at radius 3 is 2.76 bits per heavy atom. The molecule has 1 amide bonds. The van der Waals surface area contributed by atoms with E-state index in [1.807, 2.05) is 13.0 Å². The quantitative estimate of drug-likeness (QED) is 0.677. The minimum atomic E-state index is -0.526. The van der Waals surface area contributed by atoms with Crippen LogP contribution in [-0.2, 0) is 6.42 Å². The molecule has 0 spiro atoms. The van der Waals surface area contributed by atoms with E-state index in [-0.39, 0.29) is 17.3 Å². The highest BCUT2D eigenvalue weighted by Crippen LogP contribution is 2.23. The van der Waals surface area contributed by atoms with Gasteiger partial charge in [-0.15, -0.1) is 0 Å². The summed E-state index contributed by atoms with van der Waals surface area (Å²) in [6.07, 6.45) is 2.09. The molecule has 1 heterocycles. The van der Waals surface area contributed by atoms with Gasteiger partial charge in [0.2, 0.25) is 0 Å². The molecule has 21 heavy (non-hydrogen) atoms. The maximum absolute atomic E-state index is 12.2. The van der Waals surface area contributed by atoms with Gasteiger partial charge in [-0.1, -0.05) is 12.1 Å². The number of nitrogens with one attached hydrogen (secondary N) is 1. The van der Waals surface area contributed by atoms with Gasteiger partial charge in [-0.2, -0.15) is 0 Å². The number of benzene rings is 1. The highest BCUT2D eigenvalue weighted by Gasteiger charge is 2.23. The van der Waals surface area contributed by atoms with E-state index in [1.54, 1.807) is 31.4 Å². The highest BCUT2D eigenvalue weighted by molar-refractivity contribution is 5.98. The number of aryl methyl sites for hydroxylation is 1. The Balaban J connectivity index is 2.13. The Kier molecular flexibility index (Phi) is 4.37. The standard InChI is InChI=1S/C15H16N2O4/c1-10-5-3-7-13(14(10)17(19)20)15(18)16-11(2)9-12-6-4-8-21-12/h3-8,11H,9H2,1-2H3,(H,16,18)/t11-/m0/s1. The third kappa shape index (κ3) is 3.47. The van der Waals surface area contributed by atoms with Crippen LogP contribution in [0.1, 0.15) is 28.6 Å². The zero-order valence-electron chi connectivity index (χ0n) is 11.8. The summed E-state index contributed by atoms with van der Waals surface area (Å²) in [5.74, 6) is 0.297. The van der Waals surface area contributed by atoms with E-state index in [2.05, 4.69) is 5.32 Å². The summed E-state index contributed by atoms with van der Waals surface area (Å²) in [6, 6.07) is 8.10. The predicted molar refractivity (Wildman–Crippen MR) is 77.2 cm³/mol. The third-order valence-corrected chi connectivity index (χ3v) is 3.13.